The molecule has 0 spiro atoms. The number of rotatable bonds is 5. The molecule has 1 atom stereocenters. The molecule has 2 aliphatic heterocycles. The van der Waals surface area contributed by atoms with Crippen LogP contribution in [-0.2, 0) is 11.3 Å². The third-order valence-electron chi connectivity index (χ3n) is 5.00. The Morgan fingerprint density at radius 1 is 1.26 bits per heavy atom. The van der Waals surface area contributed by atoms with E-state index in [9.17, 15) is 10.1 Å². The van der Waals surface area contributed by atoms with E-state index in [2.05, 4.69) is 9.80 Å². The molecule has 126 valence electrons. The van der Waals surface area contributed by atoms with Gasteiger partial charge in [-0.2, -0.15) is 0 Å². The Bertz CT molecular complexity index is 558. The van der Waals surface area contributed by atoms with Gasteiger partial charge in [0.1, 0.15) is 0 Å². The van der Waals surface area contributed by atoms with Gasteiger partial charge in [0.15, 0.2) is 0 Å². The van der Waals surface area contributed by atoms with Crippen LogP contribution in [0.4, 0.5) is 5.69 Å². The Morgan fingerprint density at radius 2 is 2.04 bits per heavy atom. The molecule has 0 N–H and O–H groups in total. The average molecular weight is 319 g/mol. The van der Waals surface area contributed by atoms with Crippen LogP contribution in [0.15, 0.2) is 18.2 Å². The number of morpholine rings is 1. The van der Waals surface area contributed by atoms with Crippen LogP contribution in [0.3, 0.4) is 0 Å². The van der Waals surface area contributed by atoms with Crippen LogP contribution in [0.2, 0.25) is 0 Å². The molecule has 0 aliphatic carbocycles. The molecule has 0 radical (unpaired) electrons. The Kier molecular flexibility index (Phi) is 5.25. The maximum Gasteiger partial charge on any atom is 0.272 e. The molecule has 2 saturated heterocycles. The highest BCUT2D eigenvalue weighted by Gasteiger charge is 2.26. The van der Waals surface area contributed by atoms with Crippen LogP contribution >= 0.6 is 0 Å². The van der Waals surface area contributed by atoms with Crippen LogP contribution in [0, 0.1) is 23.0 Å². The molecule has 2 heterocycles. The van der Waals surface area contributed by atoms with Gasteiger partial charge in [-0.05, 0) is 31.4 Å². The molecule has 0 unspecified atom stereocenters. The smallest absolute Gasteiger partial charge is 0.272 e. The van der Waals surface area contributed by atoms with Gasteiger partial charge < -0.3 is 4.74 Å². The van der Waals surface area contributed by atoms with Gasteiger partial charge in [0.2, 0.25) is 0 Å². The fourth-order valence-corrected chi connectivity index (χ4v) is 3.63. The summed E-state index contributed by atoms with van der Waals surface area (Å²) in [5.41, 5.74) is 2.10. The van der Waals surface area contributed by atoms with Gasteiger partial charge in [0.25, 0.3) is 5.69 Å². The minimum atomic E-state index is -0.288. The number of nitro groups is 1. The van der Waals surface area contributed by atoms with E-state index in [4.69, 9.17) is 4.74 Å². The van der Waals surface area contributed by atoms with Gasteiger partial charge in [-0.3, -0.25) is 19.9 Å². The summed E-state index contributed by atoms with van der Waals surface area (Å²) >= 11 is 0. The van der Waals surface area contributed by atoms with Crippen molar-refractivity contribution in [2.45, 2.75) is 19.9 Å². The third kappa shape index (κ3) is 4.07. The molecule has 1 aromatic carbocycles. The lowest BCUT2D eigenvalue weighted by atomic mass is 10.1. The van der Waals surface area contributed by atoms with Crippen molar-refractivity contribution in [1.82, 2.24) is 9.80 Å². The van der Waals surface area contributed by atoms with E-state index in [-0.39, 0.29) is 10.6 Å². The van der Waals surface area contributed by atoms with Crippen molar-refractivity contribution in [3.63, 3.8) is 0 Å². The van der Waals surface area contributed by atoms with Crippen LogP contribution in [0.25, 0.3) is 0 Å². The molecular weight excluding hydrogens is 294 g/mol. The first-order chi connectivity index (χ1) is 11.1. The predicted octanol–water partition coefficient (Wildman–Crippen LogP) is 2.06. The van der Waals surface area contributed by atoms with E-state index in [1.165, 1.54) is 6.42 Å². The summed E-state index contributed by atoms with van der Waals surface area (Å²) in [6.45, 7) is 9.76. The highest BCUT2D eigenvalue weighted by atomic mass is 16.6. The predicted molar refractivity (Wildman–Crippen MR) is 88.5 cm³/mol. The molecule has 2 fully saturated rings. The zero-order valence-electron chi connectivity index (χ0n) is 13.7. The SMILES string of the molecule is Cc1c(CN2CC[C@@H](CN3CCOCC3)C2)cccc1[N+](=O)[O-]. The van der Waals surface area contributed by atoms with Crippen molar-refractivity contribution in [2.24, 2.45) is 5.92 Å². The van der Waals surface area contributed by atoms with E-state index in [1.807, 2.05) is 13.0 Å². The van der Waals surface area contributed by atoms with Gasteiger partial charge in [0.05, 0.1) is 18.1 Å². The molecule has 3 rings (SSSR count). The maximum atomic E-state index is 11.1. The van der Waals surface area contributed by atoms with Crippen molar-refractivity contribution in [1.29, 1.82) is 0 Å². The van der Waals surface area contributed by atoms with Crippen LogP contribution in [-0.4, -0.2) is 60.7 Å². The standard InChI is InChI=1S/C17H25N3O3/c1-14-16(3-2-4-17(14)20(21)22)13-19-6-5-15(12-19)11-18-7-9-23-10-8-18/h2-4,15H,5-13H2,1H3/t15-/m0/s1. The molecule has 6 heteroatoms. The molecule has 0 saturated carbocycles. The number of hydrogen-bond donors (Lipinski definition) is 0. The van der Waals surface area contributed by atoms with Gasteiger partial charge in [-0.1, -0.05) is 12.1 Å². The highest BCUT2D eigenvalue weighted by molar-refractivity contribution is 5.44. The van der Waals surface area contributed by atoms with Crippen molar-refractivity contribution in [2.75, 3.05) is 45.9 Å². The van der Waals surface area contributed by atoms with Crippen LogP contribution in [0.1, 0.15) is 17.5 Å². The molecule has 1 aromatic rings. The lowest BCUT2D eigenvalue weighted by Crippen LogP contribution is -2.39. The first-order valence-corrected chi connectivity index (χ1v) is 8.39. The third-order valence-corrected chi connectivity index (χ3v) is 5.00. The first kappa shape index (κ1) is 16.4. The van der Waals surface area contributed by atoms with Crippen LogP contribution in [0.5, 0.6) is 0 Å². The number of nitrogens with zero attached hydrogens (tertiary/aromatic N) is 3. The van der Waals surface area contributed by atoms with Gasteiger partial charge in [-0.25, -0.2) is 0 Å². The first-order valence-electron chi connectivity index (χ1n) is 8.39. The fourth-order valence-electron chi connectivity index (χ4n) is 3.63. The second-order valence-electron chi connectivity index (χ2n) is 6.62. The lowest BCUT2D eigenvalue weighted by Gasteiger charge is -2.29. The second-order valence-corrected chi connectivity index (χ2v) is 6.62. The minimum absolute atomic E-state index is 0.228. The number of nitro benzene ring substituents is 1. The van der Waals surface area contributed by atoms with Crippen LogP contribution < -0.4 is 0 Å². The highest BCUT2D eigenvalue weighted by Crippen LogP contribution is 2.25. The van der Waals surface area contributed by atoms with E-state index in [0.717, 1.165) is 63.6 Å². The normalized spacial score (nSPS) is 23.3. The van der Waals surface area contributed by atoms with E-state index in [1.54, 1.807) is 12.1 Å². The number of ether oxygens (including phenoxy) is 1. The average Bonchev–Trinajstić information content (AvgIpc) is 2.97. The summed E-state index contributed by atoms with van der Waals surface area (Å²) in [5, 5.41) is 11.1. The number of hydrogen-bond acceptors (Lipinski definition) is 5. The Morgan fingerprint density at radius 3 is 2.78 bits per heavy atom. The van der Waals surface area contributed by atoms with Gasteiger partial charge in [0, 0.05) is 44.4 Å². The second kappa shape index (κ2) is 7.38. The largest absolute Gasteiger partial charge is 0.379 e. The van der Waals surface area contributed by atoms with Crippen molar-refractivity contribution in [3.05, 3.63) is 39.4 Å². The van der Waals surface area contributed by atoms with Gasteiger partial charge >= 0.3 is 0 Å². The Hall–Kier alpha value is -1.50. The lowest BCUT2D eigenvalue weighted by molar-refractivity contribution is -0.385. The molecule has 0 amide bonds. The fraction of sp³-hybridized carbons (Fsp3) is 0.647. The number of likely N-dealkylation sites (tertiary alicyclic amines) is 1. The van der Waals surface area contributed by atoms with Crippen molar-refractivity contribution >= 4 is 5.69 Å². The van der Waals surface area contributed by atoms with Gasteiger partial charge in [-0.15, -0.1) is 0 Å². The molecule has 0 bridgehead atoms. The Labute approximate surface area is 137 Å². The minimum Gasteiger partial charge on any atom is -0.379 e. The topological polar surface area (TPSA) is 58.8 Å². The molecule has 23 heavy (non-hydrogen) atoms. The Balaban J connectivity index is 1.55. The number of benzene rings is 1. The van der Waals surface area contributed by atoms with Crippen molar-refractivity contribution in [3.8, 4) is 0 Å². The van der Waals surface area contributed by atoms with E-state index < -0.39 is 0 Å². The summed E-state index contributed by atoms with van der Waals surface area (Å²) < 4.78 is 5.40. The van der Waals surface area contributed by atoms with Crippen molar-refractivity contribution < 1.29 is 9.66 Å². The summed E-state index contributed by atoms with van der Waals surface area (Å²) in [7, 11) is 0. The van der Waals surface area contributed by atoms with E-state index >= 15 is 0 Å². The summed E-state index contributed by atoms with van der Waals surface area (Å²) in [4.78, 5) is 15.7. The maximum absolute atomic E-state index is 11.1. The molecule has 2 aliphatic rings. The molecule has 6 nitrogen and oxygen atoms in total. The quantitative estimate of drug-likeness (QED) is 0.614. The summed E-state index contributed by atoms with van der Waals surface area (Å²) in [5.74, 6) is 0.701. The molecular formula is C17H25N3O3. The van der Waals surface area contributed by atoms with E-state index in [0.29, 0.717) is 5.92 Å². The molecule has 0 aromatic heterocycles. The zero-order valence-corrected chi connectivity index (χ0v) is 13.7. The zero-order chi connectivity index (χ0) is 16.2. The summed E-state index contributed by atoms with van der Waals surface area (Å²) in [6.07, 6.45) is 1.21. The monoisotopic (exact) mass is 319 g/mol. The summed E-state index contributed by atoms with van der Waals surface area (Å²) in [6, 6.07) is 5.39.